The zero-order valence-corrected chi connectivity index (χ0v) is 8.43. The fourth-order valence-electron chi connectivity index (χ4n) is 1.20. The first-order valence-electron chi connectivity index (χ1n) is 4.07. The van der Waals surface area contributed by atoms with Gasteiger partial charge in [-0.3, -0.25) is 0 Å². The number of thiocarbonyl (C=S) groups is 1. The lowest BCUT2D eigenvalue weighted by Gasteiger charge is -2.03. The maximum atomic E-state index is 5.45. The fourth-order valence-corrected chi connectivity index (χ4v) is 1.36. The molecule has 2 N–H and O–H groups in total. The Hall–Kier alpha value is -0.930. The van der Waals surface area contributed by atoms with Crippen LogP contribution >= 0.6 is 12.2 Å². The second-order valence-corrected chi connectivity index (χ2v) is 3.42. The van der Waals surface area contributed by atoms with Crippen LogP contribution in [0.4, 0.5) is 0 Å². The monoisotopic (exact) mass is 195 g/mol. The van der Waals surface area contributed by atoms with Gasteiger partial charge in [-0.15, -0.1) is 0 Å². The van der Waals surface area contributed by atoms with Gasteiger partial charge in [0.1, 0.15) is 0 Å². The molecule has 1 aromatic carbocycles. The van der Waals surface area contributed by atoms with Gasteiger partial charge in [0.2, 0.25) is 0 Å². The molecule has 0 heterocycles. The maximum Gasteiger partial charge on any atom is 0.0771 e. The maximum absolute atomic E-state index is 5.45. The van der Waals surface area contributed by atoms with Crippen LogP contribution in [0, 0.1) is 0 Å². The minimum atomic E-state index is 0.523. The molecule has 0 fully saturated rings. The van der Waals surface area contributed by atoms with Crippen LogP contribution in [0.2, 0.25) is 0 Å². The Balaban J connectivity index is 2.73. The summed E-state index contributed by atoms with van der Waals surface area (Å²) in [5.41, 5.74) is 7.74. The van der Waals surface area contributed by atoms with Crippen LogP contribution in [0.25, 0.3) is 0 Å². The Labute approximate surface area is 83.7 Å². The normalized spacial score (nSPS) is 9.92. The van der Waals surface area contributed by atoms with Crippen LogP contribution in [-0.2, 0) is 17.8 Å². The van der Waals surface area contributed by atoms with E-state index in [0.29, 0.717) is 18.0 Å². The first-order valence-corrected chi connectivity index (χ1v) is 4.48. The third-order valence-electron chi connectivity index (χ3n) is 1.68. The third kappa shape index (κ3) is 3.53. The lowest BCUT2D eigenvalue weighted by molar-refractivity contribution is 0.185. The second kappa shape index (κ2) is 4.94. The van der Waals surface area contributed by atoms with Crippen molar-refractivity contribution in [2.45, 2.75) is 13.0 Å². The van der Waals surface area contributed by atoms with Gasteiger partial charge in [-0.05, 0) is 11.1 Å². The van der Waals surface area contributed by atoms with Gasteiger partial charge in [0.15, 0.2) is 0 Å². The van der Waals surface area contributed by atoms with Gasteiger partial charge in [-0.2, -0.15) is 0 Å². The highest BCUT2D eigenvalue weighted by Gasteiger charge is 1.96. The van der Waals surface area contributed by atoms with Gasteiger partial charge in [0, 0.05) is 13.5 Å². The molecule has 0 saturated carbocycles. The van der Waals surface area contributed by atoms with E-state index in [-0.39, 0.29) is 0 Å². The van der Waals surface area contributed by atoms with E-state index in [1.165, 1.54) is 0 Å². The lowest BCUT2D eigenvalue weighted by atomic mass is 10.1. The molecule has 0 amide bonds. The van der Waals surface area contributed by atoms with Gasteiger partial charge < -0.3 is 10.5 Å². The molecule has 3 heteroatoms. The molecule has 1 rings (SSSR count). The molecule has 2 nitrogen and oxygen atoms in total. The van der Waals surface area contributed by atoms with Crippen LogP contribution in [0.5, 0.6) is 0 Å². The van der Waals surface area contributed by atoms with Crippen LogP contribution in [0.3, 0.4) is 0 Å². The van der Waals surface area contributed by atoms with Crippen molar-refractivity contribution < 1.29 is 4.74 Å². The summed E-state index contributed by atoms with van der Waals surface area (Å²) >= 11 is 4.83. The molecule has 70 valence electrons. The molecular weight excluding hydrogens is 182 g/mol. The number of methoxy groups -OCH3 is 1. The number of ether oxygens (including phenoxy) is 1. The van der Waals surface area contributed by atoms with Gasteiger partial charge >= 0.3 is 0 Å². The standard InChI is InChI=1S/C10H13NOS/c1-12-7-9-4-2-3-8(5-9)6-10(11)13/h2-5H,6-7H2,1H3,(H2,11,13). The zero-order valence-electron chi connectivity index (χ0n) is 7.62. The van der Waals surface area contributed by atoms with E-state index in [0.717, 1.165) is 11.1 Å². The number of hydrogen-bond donors (Lipinski definition) is 1. The largest absolute Gasteiger partial charge is 0.393 e. The highest BCUT2D eigenvalue weighted by molar-refractivity contribution is 7.80. The quantitative estimate of drug-likeness (QED) is 0.742. The summed E-state index contributed by atoms with van der Waals surface area (Å²) in [6.07, 6.45) is 0.660. The first kappa shape index (κ1) is 10.2. The molecule has 1 aromatic rings. The molecule has 0 aliphatic carbocycles. The Morgan fingerprint density at radius 1 is 1.46 bits per heavy atom. The number of rotatable bonds is 4. The minimum absolute atomic E-state index is 0.523. The summed E-state index contributed by atoms with van der Waals surface area (Å²) < 4.78 is 5.02. The molecule has 0 atom stereocenters. The molecule has 0 aliphatic rings. The second-order valence-electron chi connectivity index (χ2n) is 2.90. The van der Waals surface area contributed by atoms with Crippen molar-refractivity contribution in [3.8, 4) is 0 Å². The summed E-state index contributed by atoms with van der Waals surface area (Å²) in [5, 5.41) is 0. The molecule has 0 radical (unpaired) electrons. The molecule has 0 spiro atoms. The van der Waals surface area contributed by atoms with E-state index in [1.807, 2.05) is 18.2 Å². The van der Waals surface area contributed by atoms with E-state index in [4.69, 9.17) is 22.7 Å². The average Bonchev–Trinajstić information content (AvgIpc) is 2.04. The van der Waals surface area contributed by atoms with Crippen molar-refractivity contribution in [3.63, 3.8) is 0 Å². The summed E-state index contributed by atoms with van der Waals surface area (Å²) in [6, 6.07) is 8.08. The van der Waals surface area contributed by atoms with E-state index in [1.54, 1.807) is 7.11 Å². The van der Waals surface area contributed by atoms with E-state index < -0.39 is 0 Å². The van der Waals surface area contributed by atoms with Crippen LogP contribution < -0.4 is 5.73 Å². The first-order chi connectivity index (χ1) is 6.22. The molecule has 0 aliphatic heterocycles. The summed E-state index contributed by atoms with van der Waals surface area (Å²) in [6.45, 7) is 0.630. The summed E-state index contributed by atoms with van der Waals surface area (Å²) in [4.78, 5) is 0.523. The van der Waals surface area contributed by atoms with Crippen molar-refractivity contribution in [2.75, 3.05) is 7.11 Å². The molecule has 0 saturated heterocycles. The summed E-state index contributed by atoms with van der Waals surface area (Å²) in [5.74, 6) is 0. The van der Waals surface area contributed by atoms with E-state index in [2.05, 4.69) is 6.07 Å². The topological polar surface area (TPSA) is 35.2 Å². The Morgan fingerprint density at radius 2 is 2.15 bits per heavy atom. The molecule has 13 heavy (non-hydrogen) atoms. The molecule has 0 bridgehead atoms. The lowest BCUT2D eigenvalue weighted by Crippen LogP contribution is -2.11. The van der Waals surface area contributed by atoms with E-state index in [9.17, 15) is 0 Å². The van der Waals surface area contributed by atoms with Crippen molar-refractivity contribution in [1.82, 2.24) is 0 Å². The van der Waals surface area contributed by atoms with Crippen molar-refractivity contribution in [1.29, 1.82) is 0 Å². The van der Waals surface area contributed by atoms with Gasteiger partial charge in [-0.1, -0.05) is 36.5 Å². The molecular formula is C10H13NOS. The van der Waals surface area contributed by atoms with E-state index >= 15 is 0 Å². The minimum Gasteiger partial charge on any atom is -0.393 e. The van der Waals surface area contributed by atoms with Gasteiger partial charge in [0.05, 0.1) is 11.6 Å². The number of nitrogens with two attached hydrogens (primary N) is 1. The predicted molar refractivity (Wildman–Crippen MR) is 57.6 cm³/mol. The van der Waals surface area contributed by atoms with Gasteiger partial charge in [0.25, 0.3) is 0 Å². The average molecular weight is 195 g/mol. The number of hydrogen-bond acceptors (Lipinski definition) is 2. The van der Waals surface area contributed by atoms with Crippen LogP contribution in [0.15, 0.2) is 24.3 Å². The number of benzene rings is 1. The molecule has 0 aromatic heterocycles. The van der Waals surface area contributed by atoms with Crippen molar-refractivity contribution in [2.24, 2.45) is 5.73 Å². The Morgan fingerprint density at radius 3 is 2.77 bits per heavy atom. The van der Waals surface area contributed by atoms with Gasteiger partial charge in [-0.25, -0.2) is 0 Å². The Bertz CT molecular complexity index is 299. The third-order valence-corrected chi connectivity index (χ3v) is 1.83. The zero-order chi connectivity index (χ0) is 9.68. The Kier molecular flexibility index (Phi) is 3.86. The smallest absolute Gasteiger partial charge is 0.0771 e. The van der Waals surface area contributed by atoms with Crippen LogP contribution in [0.1, 0.15) is 11.1 Å². The van der Waals surface area contributed by atoms with Crippen molar-refractivity contribution >= 4 is 17.2 Å². The van der Waals surface area contributed by atoms with Crippen LogP contribution in [-0.4, -0.2) is 12.1 Å². The SMILES string of the molecule is COCc1cccc(CC(N)=S)c1. The fraction of sp³-hybridized carbons (Fsp3) is 0.300. The summed E-state index contributed by atoms with van der Waals surface area (Å²) in [7, 11) is 1.68. The highest BCUT2D eigenvalue weighted by Crippen LogP contribution is 2.06. The molecule has 0 unspecified atom stereocenters. The predicted octanol–water partition coefficient (Wildman–Crippen LogP) is 1.66. The highest BCUT2D eigenvalue weighted by atomic mass is 32.1. The van der Waals surface area contributed by atoms with Crippen molar-refractivity contribution in [3.05, 3.63) is 35.4 Å².